The Morgan fingerprint density at radius 3 is 2.77 bits per heavy atom. The van der Waals surface area contributed by atoms with E-state index in [-0.39, 0.29) is 5.41 Å². The molecule has 1 aromatic carbocycles. The Balaban J connectivity index is 2.64. The lowest BCUT2D eigenvalue weighted by Gasteiger charge is -2.16. The standard InChI is InChI=1S/C11H11BrO/c1-11(2)9-6-8(12)4-3-7(9)5-10(11)13/h3-4,6H,5H2,1-2H3. The van der Waals surface area contributed by atoms with Crippen molar-refractivity contribution in [2.45, 2.75) is 25.7 Å². The molecule has 0 spiro atoms. The van der Waals surface area contributed by atoms with Gasteiger partial charge in [0, 0.05) is 16.3 Å². The molecule has 2 heteroatoms. The Hall–Kier alpha value is -0.630. The summed E-state index contributed by atoms with van der Waals surface area (Å²) < 4.78 is 1.05. The normalized spacial score (nSPS) is 18.8. The summed E-state index contributed by atoms with van der Waals surface area (Å²) in [5.74, 6) is 0.320. The van der Waals surface area contributed by atoms with Crippen molar-refractivity contribution in [1.82, 2.24) is 0 Å². The third-order valence-electron chi connectivity index (χ3n) is 2.79. The topological polar surface area (TPSA) is 17.1 Å². The van der Waals surface area contributed by atoms with Gasteiger partial charge in [0.2, 0.25) is 0 Å². The predicted octanol–water partition coefficient (Wildman–Crippen LogP) is 2.85. The third kappa shape index (κ3) is 1.24. The molecule has 0 aromatic heterocycles. The second-order valence-corrected chi connectivity index (χ2v) is 4.94. The summed E-state index contributed by atoms with van der Waals surface area (Å²) in [6.45, 7) is 3.99. The molecule has 1 aliphatic carbocycles. The zero-order chi connectivity index (χ0) is 9.64. The van der Waals surface area contributed by atoms with E-state index in [4.69, 9.17) is 0 Å². The van der Waals surface area contributed by atoms with Crippen LogP contribution in [0, 0.1) is 0 Å². The number of hydrogen-bond acceptors (Lipinski definition) is 1. The monoisotopic (exact) mass is 238 g/mol. The molecule has 1 nitrogen and oxygen atoms in total. The molecule has 0 saturated carbocycles. The first kappa shape index (κ1) is 8.95. The Bertz CT molecular complexity index is 380. The quantitative estimate of drug-likeness (QED) is 0.680. The molecule has 13 heavy (non-hydrogen) atoms. The molecule has 0 unspecified atom stereocenters. The van der Waals surface area contributed by atoms with Gasteiger partial charge in [-0.1, -0.05) is 22.0 Å². The highest BCUT2D eigenvalue weighted by atomic mass is 79.9. The molecule has 0 amide bonds. The first-order valence-corrected chi connectivity index (χ1v) is 5.13. The summed E-state index contributed by atoms with van der Waals surface area (Å²) in [4.78, 5) is 11.6. The number of hydrogen-bond donors (Lipinski definition) is 0. The SMILES string of the molecule is CC1(C)C(=O)Cc2ccc(Br)cc21. The van der Waals surface area contributed by atoms with Gasteiger partial charge in [-0.05, 0) is 37.1 Å². The van der Waals surface area contributed by atoms with Crippen LogP contribution in [0.3, 0.4) is 0 Å². The zero-order valence-corrected chi connectivity index (χ0v) is 9.31. The highest BCUT2D eigenvalue weighted by Crippen LogP contribution is 2.36. The van der Waals surface area contributed by atoms with Crippen molar-refractivity contribution in [3.05, 3.63) is 33.8 Å². The highest BCUT2D eigenvalue weighted by Gasteiger charge is 2.37. The van der Waals surface area contributed by atoms with Crippen LogP contribution in [0.2, 0.25) is 0 Å². The van der Waals surface area contributed by atoms with E-state index in [1.165, 1.54) is 11.1 Å². The van der Waals surface area contributed by atoms with Crippen LogP contribution < -0.4 is 0 Å². The Kier molecular flexibility index (Phi) is 1.84. The smallest absolute Gasteiger partial charge is 0.147 e. The summed E-state index contributed by atoms with van der Waals surface area (Å²) in [5.41, 5.74) is 2.06. The fourth-order valence-electron chi connectivity index (χ4n) is 1.83. The molecule has 0 radical (unpaired) electrons. The summed E-state index contributed by atoms with van der Waals surface area (Å²) in [6.07, 6.45) is 0.593. The lowest BCUT2D eigenvalue weighted by molar-refractivity contribution is -0.121. The van der Waals surface area contributed by atoms with Gasteiger partial charge in [-0.25, -0.2) is 0 Å². The first-order chi connectivity index (χ1) is 6.01. The minimum absolute atomic E-state index is 0.293. The zero-order valence-electron chi connectivity index (χ0n) is 7.73. The fraction of sp³-hybridized carbons (Fsp3) is 0.364. The summed E-state index contributed by atoms with van der Waals surface area (Å²) in [7, 11) is 0. The second-order valence-electron chi connectivity index (χ2n) is 4.03. The maximum Gasteiger partial charge on any atom is 0.147 e. The van der Waals surface area contributed by atoms with E-state index in [9.17, 15) is 4.79 Å². The van der Waals surface area contributed by atoms with E-state index in [2.05, 4.69) is 22.0 Å². The van der Waals surface area contributed by atoms with Crippen LogP contribution in [0.15, 0.2) is 22.7 Å². The van der Waals surface area contributed by atoms with Crippen LogP contribution in [0.1, 0.15) is 25.0 Å². The maximum absolute atomic E-state index is 11.6. The average molecular weight is 239 g/mol. The van der Waals surface area contributed by atoms with Gasteiger partial charge >= 0.3 is 0 Å². The van der Waals surface area contributed by atoms with Crippen LogP contribution in [0.5, 0.6) is 0 Å². The van der Waals surface area contributed by atoms with Crippen molar-refractivity contribution in [3.63, 3.8) is 0 Å². The third-order valence-corrected chi connectivity index (χ3v) is 3.29. The van der Waals surface area contributed by atoms with Crippen LogP contribution in [-0.2, 0) is 16.6 Å². The lowest BCUT2D eigenvalue weighted by atomic mass is 9.86. The van der Waals surface area contributed by atoms with Crippen LogP contribution in [0.4, 0.5) is 0 Å². The number of benzene rings is 1. The molecule has 0 heterocycles. The number of fused-ring (bicyclic) bond motifs is 1. The van der Waals surface area contributed by atoms with Gasteiger partial charge in [-0.2, -0.15) is 0 Å². The van der Waals surface area contributed by atoms with E-state index in [0.29, 0.717) is 12.2 Å². The minimum Gasteiger partial charge on any atom is -0.298 e. The Morgan fingerprint density at radius 1 is 1.38 bits per heavy atom. The maximum atomic E-state index is 11.6. The Morgan fingerprint density at radius 2 is 2.08 bits per heavy atom. The summed E-state index contributed by atoms with van der Waals surface area (Å²) >= 11 is 3.43. The molecule has 0 bridgehead atoms. The number of ketones is 1. The molecule has 0 fully saturated rings. The van der Waals surface area contributed by atoms with Crippen molar-refractivity contribution in [3.8, 4) is 0 Å². The molecular formula is C11H11BrO. The van der Waals surface area contributed by atoms with Gasteiger partial charge in [-0.15, -0.1) is 0 Å². The fourth-order valence-corrected chi connectivity index (χ4v) is 2.19. The number of halogens is 1. The van der Waals surface area contributed by atoms with Gasteiger partial charge in [0.1, 0.15) is 5.78 Å². The van der Waals surface area contributed by atoms with Gasteiger partial charge < -0.3 is 0 Å². The highest BCUT2D eigenvalue weighted by molar-refractivity contribution is 9.10. The molecule has 0 N–H and O–H groups in total. The molecule has 1 aromatic rings. The van der Waals surface area contributed by atoms with E-state index in [0.717, 1.165) is 4.47 Å². The van der Waals surface area contributed by atoms with Crippen molar-refractivity contribution in [2.24, 2.45) is 0 Å². The molecule has 0 saturated heterocycles. The van der Waals surface area contributed by atoms with Gasteiger partial charge in [0.05, 0.1) is 0 Å². The summed E-state index contributed by atoms with van der Waals surface area (Å²) in [6, 6.07) is 6.08. The number of Topliss-reactive ketones (excluding diaryl/α,β-unsaturated/α-hetero) is 1. The molecule has 2 rings (SSSR count). The molecule has 0 aliphatic heterocycles. The minimum atomic E-state index is -0.293. The van der Waals surface area contributed by atoms with Crippen molar-refractivity contribution < 1.29 is 4.79 Å². The first-order valence-electron chi connectivity index (χ1n) is 4.34. The molecule has 68 valence electrons. The second kappa shape index (κ2) is 2.68. The van der Waals surface area contributed by atoms with Crippen molar-refractivity contribution in [2.75, 3.05) is 0 Å². The van der Waals surface area contributed by atoms with Crippen LogP contribution in [-0.4, -0.2) is 5.78 Å². The lowest BCUT2D eigenvalue weighted by Crippen LogP contribution is -2.23. The van der Waals surface area contributed by atoms with Gasteiger partial charge in [-0.3, -0.25) is 4.79 Å². The predicted molar refractivity (Wildman–Crippen MR) is 55.9 cm³/mol. The number of carbonyl (C=O) groups is 1. The van der Waals surface area contributed by atoms with Gasteiger partial charge in [0.15, 0.2) is 0 Å². The number of carbonyl (C=O) groups excluding carboxylic acids is 1. The van der Waals surface area contributed by atoms with E-state index in [1.54, 1.807) is 0 Å². The van der Waals surface area contributed by atoms with E-state index < -0.39 is 0 Å². The van der Waals surface area contributed by atoms with Crippen molar-refractivity contribution >= 4 is 21.7 Å². The Labute approximate surface area is 86.3 Å². The largest absolute Gasteiger partial charge is 0.298 e. The van der Waals surface area contributed by atoms with E-state index in [1.807, 2.05) is 26.0 Å². The van der Waals surface area contributed by atoms with Gasteiger partial charge in [0.25, 0.3) is 0 Å². The van der Waals surface area contributed by atoms with Crippen molar-refractivity contribution in [1.29, 1.82) is 0 Å². The average Bonchev–Trinajstić information content (AvgIpc) is 2.27. The molecule has 0 atom stereocenters. The van der Waals surface area contributed by atoms with Crippen LogP contribution >= 0.6 is 15.9 Å². The van der Waals surface area contributed by atoms with E-state index >= 15 is 0 Å². The summed E-state index contributed by atoms with van der Waals surface area (Å²) in [5, 5.41) is 0. The molecular weight excluding hydrogens is 228 g/mol. The number of rotatable bonds is 0. The van der Waals surface area contributed by atoms with Crippen LogP contribution in [0.25, 0.3) is 0 Å². The molecule has 1 aliphatic rings.